The highest BCUT2D eigenvalue weighted by Gasteiger charge is 2.00. The van der Waals surface area contributed by atoms with Gasteiger partial charge in [0.2, 0.25) is 0 Å². The SMILES string of the molecule is CSC(=NCCc1nncn1C)NC#N. The topological polar surface area (TPSA) is 78.9 Å². The molecule has 0 aliphatic heterocycles. The minimum Gasteiger partial charge on any atom is -0.321 e. The van der Waals surface area contributed by atoms with Crippen molar-refractivity contribution in [2.75, 3.05) is 12.8 Å². The van der Waals surface area contributed by atoms with Gasteiger partial charge in [0.1, 0.15) is 12.2 Å². The van der Waals surface area contributed by atoms with E-state index in [0.717, 1.165) is 5.82 Å². The van der Waals surface area contributed by atoms with Gasteiger partial charge in [-0.05, 0) is 6.26 Å². The van der Waals surface area contributed by atoms with Crippen LogP contribution < -0.4 is 5.32 Å². The monoisotopic (exact) mass is 224 g/mol. The molecule has 80 valence electrons. The maximum atomic E-state index is 8.41. The smallest absolute Gasteiger partial charge is 0.183 e. The van der Waals surface area contributed by atoms with Gasteiger partial charge in [0.25, 0.3) is 0 Å². The van der Waals surface area contributed by atoms with Gasteiger partial charge in [-0.3, -0.25) is 10.3 Å². The van der Waals surface area contributed by atoms with E-state index >= 15 is 0 Å². The molecule has 1 aromatic heterocycles. The molecule has 1 aromatic rings. The molecule has 1 heterocycles. The fraction of sp³-hybridized carbons (Fsp3) is 0.500. The van der Waals surface area contributed by atoms with E-state index in [1.54, 1.807) is 6.33 Å². The van der Waals surface area contributed by atoms with Crippen LogP contribution in [0.2, 0.25) is 0 Å². The van der Waals surface area contributed by atoms with E-state index in [2.05, 4.69) is 20.5 Å². The molecule has 0 amide bonds. The zero-order valence-corrected chi connectivity index (χ0v) is 9.45. The quantitative estimate of drug-likeness (QED) is 0.342. The average Bonchev–Trinajstić information content (AvgIpc) is 2.63. The molecule has 0 aliphatic rings. The Kier molecular flexibility index (Phi) is 4.63. The van der Waals surface area contributed by atoms with Crippen LogP contribution in [0.15, 0.2) is 11.3 Å². The van der Waals surface area contributed by atoms with Gasteiger partial charge >= 0.3 is 0 Å². The number of aryl methyl sites for hydroxylation is 1. The highest BCUT2D eigenvalue weighted by Crippen LogP contribution is 1.97. The fourth-order valence-electron chi connectivity index (χ4n) is 0.994. The highest BCUT2D eigenvalue weighted by atomic mass is 32.2. The normalized spacial score (nSPS) is 11.1. The van der Waals surface area contributed by atoms with Crippen LogP contribution in [0, 0.1) is 11.5 Å². The van der Waals surface area contributed by atoms with Crippen molar-refractivity contribution in [3.63, 3.8) is 0 Å². The summed E-state index contributed by atoms with van der Waals surface area (Å²) in [7, 11) is 1.89. The lowest BCUT2D eigenvalue weighted by Gasteiger charge is -1.99. The molecule has 7 heteroatoms. The van der Waals surface area contributed by atoms with Crippen LogP contribution in [0.5, 0.6) is 0 Å². The minimum atomic E-state index is 0.595. The lowest BCUT2D eigenvalue weighted by atomic mass is 10.4. The fourth-order valence-corrected chi connectivity index (χ4v) is 1.36. The molecule has 0 aromatic carbocycles. The Hall–Kier alpha value is -1.55. The number of aromatic nitrogens is 3. The van der Waals surface area contributed by atoms with Crippen molar-refractivity contribution in [1.82, 2.24) is 20.1 Å². The standard InChI is InChI=1S/C8H12N6S/c1-14-6-12-13-7(14)3-4-10-8(15-2)11-5-9/h6H,3-4H2,1-2H3,(H,10,11). The number of nitrogens with one attached hydrogen (secondary N) is 1. The number of amidine groups is 1. The molecular weight excluding hydrogens is 212 g/mol. The molecule has 0 unspecified atom stereocenters. The van der Waals surface area contributed by atoms with E-state index < -0.39 is 0 Å². The molecule has 1 N–H and O–H groups in total. The van der Waals surface area contributed by atoms with Crippen LogP contribution in [-0.2, 0) is 13.5 Å². The third kappa shape index (κ3) is 3.59. The van der Waals surface area contributed by atoms with Crippen molar-refractivity contribution < 1.29 is 0 Å². The molecule has 0 fully saturated rings. The zero-order valence-electron chi connectivity index (χ0n) is 8.64. The highest BCUT2D eigenvalue weighted by molar-refractivity contribution is 8.13. The second-order valence-corrected chi connectivity index (χ2v) is 3.53. The third-order valence-corrected chi connectivity index (χ3v) is 2.37. The van der Waals surface area contributed by atoms with E-state index in [-0.39, 0.29) is 0 Å². The molecule has 0 aliphatic carbocycles. The van der Waals surface area contributed by atoms with Crippen molar-refractivity contribution in [2.24, 2.45) is 12.0 Å². The van der Waals surface area contributed by atoms with Crippen LogP contribution in [0.1, 0.15) is 5.82 Å². The first kappa shape index (κ1) is 11.5. The Labute approximate surface area is 92.4 Å². The predicted octanol–water partition coefficient (Wildman–Crippen LogP) is 0.147. The summed E-state index contributed by atoms with van der Waals surface area (Å²) in [6.45, 7) is 0.595. The van der Waals surface area contributed by atoms with E-state index in [1.165, 1.54) is 11.8 Å². The largest absolute Gasteiger partial charge is 0.321 e. The van der Waals surface area contributed by atoms with Gasteiger partial charge in [0.05, 0.1) is 0 Å². The summed E-state index contributed by atoms with van der Waals surface area (Å²) in [6, 6.07) is 0. The second-order valence-electron chi connectivity index (χ2n) is 2.74. The molecule has 0 saturated heterocycles. The summed E-state index contributed by atoms with van der Waals surface area (Å²) in [4.78, 5) is 4.21. The Morgan fingerprint density at radius 3 is 3.13 bits per heavy atom. The van der Waals surface area contributed by atoms with Crippen LogP contribution in [-0.4, -0.2) is 32.7 Å². The molecular formula is C8H12N6S. The van der Waals surface area contributed by atoms with Gasteiger partial charge in [-0.2, -0.15) is 5.26 Å². The van der Waals surface area contributed by atoms with Gasteiger partial charge in [0.15, 0.2) is 11.4 Å². The molecule has 0 saturated carbocycles. The molecule has 0 atom stereocenters. The Morgan fingerprint density at radius 2 is 2.60 bits per heavy atom. The van der Waals surface area contributed by atoms with Crippen molar-refractivity contribution in [2.45, 2.75) is 6.42 Å². The summed E-state index contributed by atoms with van der Waals surface area (Å²) >= 11 is 1.41. The van der Waals surface area contributed by atoms with Crippen molar-refractivity contribution in [3.05, 3.63) is 12.2 Å². The van der Waals surface area contributed by atoms with Crippen LogP contribution in [0.3, 0.4) is 0 Å². The van der Waals surface area contributed by atoms with E-state index in [0.29, 0.717) is 18.1 Å². The average molecular weight is 224 g/mol. The maximum absolute atomic E-state index is 8.41. The van der Waals surface area contributed by atoms with Crippen molar-refractivity contribution in [3.8, 4) is 6.19 Å². The molecule has 6 nitrogen and oxygen atoms in total. The van der Waals surface area contributed by atoms with Crippen LogP contribution in [0.4, 0.5) is 0 Å². The summed E-state index contributed by atoms with van der Waals surface area (Å²) in [5, 5.41) is 19.2. The summed E-state index contributed by atoms with van der Waals surface area (Å²) in [6.07, 6.45) is 6.08. The predicted molar refractivity (Wildman–Crippen MR) is 59.3 cm³/mol. The van der Waals surface area contributed by atoms with Crippen LogP contribution >= 0.6 is 11.8 Å². The van der Waals surface area contributed by atoms with E-state index in [4.69, 9.17) is 5.26 Å². The molecule has 0 bridgehead atoms. The number of nitriles is 1. The summed E-state index contributed by atoms with van der Waals surface area (Å²) < 4.78 is 1.85. The van der Waals surface area contributed by atoms with Gasteiger partial charge < -0.3 is 4.57 Å². The third-order valence-electron chi connectivity index (χ3n) is 1.75. The van der Waals surface area contributed by atoms with Gasteiger partial charge in [-0.25, -0.2) is 0 Å². The lowest BCUT2D eigenvalue weighted by Crippen LogP contribution is -2.14. The minimum absolute atomic E-state index is 0.595. The lowest BCUT2D eigenvalue weighted by molar-refractivity contribution is 0.776. The number of aliphatic imine (C=N–C) groups is 1. The molecule has 15 heavy (non-hydrogen) atoms. The number of hydrogen-bond donors (Lipinski definition) is 1. The van der Waals surface area contributed by atoms with Crippen LogP contribution in [0.25, 0.3) is 0 Å². The van der Waals surface area contributed by atoms with Gasteiger partial charge in [-0.15, -0.1) is 10.2 Å². The maximum Gasteiger partial charge on any atom is 0.183 e. The first-order valence-electron chi connectivity index (χ1n) is 4.34. The Balaban J connectivity index is 2.44. The van der Waals surface area contributed by atoms with E-state index in [9.17, 15) is 0 Å². The molecule has 1 rings (SSSR count). The first-order valence-corrected chi connectivity index (χ1v) is 5.56. The molecule has 0 spiro atoms. The summed E-state index contributed by atoms with van der Waals surface area (Å²) in [5.41, 5.74) is 0. The van der Waals surface area contributed by atoms with Gasteiger partial charge in [-0.1, -0.05) is 11.8 Å². The zero-order chi connectivity index (χ0) is 11.1. The Morgan fingerprint density at radius 1 is 1.80 bits per heavy atom. The summed E-state index contributed by atoms with van der Waals surface area (Å²) in [5.74, 6) is 0.885. The number of hydrogen-bond acceptors (Lipinski definition) is 5. The van der Waals surface area contributed by atoms with Crippen molar-refractivity contribution >= 4 is 16.9 Å². The number of thioether (sulfide) groups is 1. The Bertz CT molecular complexity index is 377. The first-order chi connectivity index (χ1) is 7.27. The second kappa shape index (κ2) is 6.03. The number of rotatable bonds is 3. The van der Waals surface area contributed by atoms with Crippen molar-refractivity contribution in [1.29, 1.82) is 5.26 Å². The van der Waals surface area contributed by atoms with Gasteiger partial charge in [0, 0.05) is 20.0 Å². The van der Waals surface area contributed by atoms with E-state index in [1.807, 2.05) is 24.1 Å². The molecule has 0 radical (unpaired) electrons. The number of nitrogens with zero attached hydrogens (tertiary/aromatic N) is 5.